The predicted molar refractivity (Wildman–Crippen MR) is 90.5 cm³/mol. The summed E-state index contributed by atoms with van der Waals surface area (Å²) >= 11 is 1.80. The van der Waals surface area contributed by atoms with Crippen LogP contribution in [-0.2, 0) is 6.54 Å². The van der Waals surface area contributed by atoms with Gasteiger partial charge in [0.15, 0.2) is 0 Å². The van der Waals surface area contributed by atoms with Gasteiger partial charge in [0.2, 0.25) is 0 Å². The number of H-pyrrole nitrogens is 1. The topological polar surface area (TPSA) is 48.1 Å². The molecule has 1 aliphatic heterocycles. The molecule has 2 N–H and O–H groups in total. The summed E-state index contributed by atoms with van der Waals surface area (Å²) in [5.41, 5.74) is 3.26. The van der Waals surface area contributed by atoms with Crippen molar-refractivity contribution in [1.29, 1.82) is 0 Å². The van der Waals surface area contributed by atoms with Crippen molar-refractivity contribution in [2.45, 2.75) is 39.2 Å². The van der Waals surface area contributed by atoms with E-state index < -0.39 is 0 Å². The maximum atomic E-state index is 12.2. The van der Waals surface area contributed by atoms with Gasteiger partial charge in [-0.05, 0) is 57.7 Å². The number of fused-ring (bicyclic) bond motifs is 1. The van der Waals surface area contributed by atoms with Crippen LogP contribution in [0.3, 0.4) is 0 Å². The summed E-state index contributed by atoms with van der Waals surface area (Å²) in [6.07, 6.45) is 5.15. The van der Waals surface area contributed by atoms with Gasteiger partial charge in [-0.15, -0.1) is 11.3 Å². The van der Waals surface area contributed by atoms with Gasteiger partial charge in [-0.25, -0.2) is 0 Å². The van der Waals surface area contributed by atoms with Crippen molar-refractivity contribution in [1.82, 2.24) is 15.2 Å². The zero-order chi connectivity index (χ0) is 15.1. The number of aromatic amines is 1. The molecule has 118 valence electrons. The van der Waals surface area contributed by atoms with Crippen molar-refractivity contribution in [2.24, 2.45) is 5.92 Å². The second-order valence-corrected chi connectivity index (χ2v) is 7.95. The van der Waals surface area contributed by atoms with Crippen molar-refractivity contribution >= 4 is 27.5 Å². The van der Waals surface area contributed by atoms with Crippen molar-refractivity contribution in [3.63, 3.8) is 0 Å². The summed E-state index contributed by atoms with van der Waals surface area (Å²) in [4.78, 5) is 19.5. The van der Waals surface area contributed by atoms with E-state index in [1.807, 2.05) is 6.07 Å². The van der Waals surface area contributed by atoms with Gasteiger partial charge in [-0.1, -0.05) is 0 Å². The number of rotatable bonds is 5. The number of aryl methyl sites for hydroxylation is 1. The van der Waals surface area contributed by atoms with Crippen LogP contribution >= 0.6 is 11.3 Å². The fourth-order valence-corrected chi connectivity index (χ4v) is 4.35. The lowest BCUT2D eigenvalue weighted by Gasteiger charge is -2.14. The smallest absolute Gasteiger partial charge is 0.267 e. The van der Waals surface area contributed by atoms with Gasteiger partial charge in [-0.3, -0.25) is 9.69 Å². The summed E-state index contributed by atoms with van der Waals surface area (Å²) in [5.74, 6) is 0.757. The molecule has 0 bridgehead atoms. The average molecular weight is 317 g/mol. The highest BCUT2D eigenvalue weighted by atomic mass is 32.1. The molecule has 1 saturated heterocycles. The van der Waals surface area contributed by atoms with Gasteiger partial charge in [-0.2, -0.15) is 0 Å². The Bertz CT molecular complexity index is 692. The molecule has 0 radical (unpaired) electrons. The van der Waals surface area contributed by atoms with E-state index >= 15 is 0 Å². The van der Waals surface area contributed by atoms with Crippen molar-refractivity contribution in [3.8, 4) is 0 Å². The molecule has 1 aliphatic carbocycles. The number of nitrogens with one attached hydrogen (secondary N) is 2. The second-order valence-electron chi connectivity index (χ2n) is 6.70. The van der Waals surface area contributed by atoms with Crippen LogP contribution in [-0.4, -0.2) is 35.4 Å². The largest absolute Gasteiger partial charge is 0.350 e. The minimum Gasteiger partial charge on any atom is -0.350 e. The third kappa shape index (κ3) is 2.79. The molecule has 5 heteroatoms. The third-order valence-corrected chi connectivity index (χ3v) is 5.94. The zero-order valence-corrected chi connectivity index (χ0v) is 13.9. The Balaban J connectivity index is 1.54. The van der Waals surface area contributed by atoms with Crippen LogP contribution in [0, 0.1) is 12.8 Å². The highest BCUT2D eigenvalue weighted by Gasteiger charge is 2.23. The van der Waals surface area contributed by atoms with Crippen LogP contribution in [0.5, 0.6) is 0 Å². The monoisotopic (exact) mass is 317 g/mol. The quantitative estimate of drug-likeness (QED) is 0.889. The van der Waals surface area contributed by atoms with Crippen LogP contribution in [0.1, 0.15) is 46.6 Å². The lowest BCUT2D eigenvalue weighted by atomic mass is 10.2. The highest BCUT2D eigenvalue weighted by Crippen LogP contribution is 2.33. The first-order valence-corrected chi connectivity index (χ1v) is 9.14. The molecule has 1 saturated carbocycles. The Kier molecular flexibility index (Phi) is 3.70. The van der Waals surface area contributed by atoms with Gasteiger partial charge in [0.25, 0.3) is 5.91 Å². The van der Waals surface area contributed by atoms with Crippen LogP contribution in [0.2, 0.25) is 0 Å². The number of likely N-dealkylation sites (tertiary alicyclic amines) is 1. The van der Waals surface area contributed by atoms with Crippen molar-refractivity contribution in [3.05, 3.63) is 22.2 Å². The summed E-state index contributed by atoms with van der Waals surface area (Å²) < 4.78 is 1.21. The number of carbonyl (C=O) groups is 1. The number of amides is 1. The van der Waals surface area contributed by atoms with E-state index in [9.17, 15) is 4.79 Å². The molecule has 0 spiro atoms. The van der Waals surface area contributed by atoms with Gasteiger partial charge < -0.3 is 10.3 Å². The highest BCUT2D eigenvalue weighted by molar-refractivity contribution is 7.19. The first kappa shape index (κ1) is 14.3. The number of nitrogens with zero attached hydrogens (tertiary/aromatic N) is 1. The van der Waals surface area contributed by atoms with Crippen LogP contribution in [0.25, 0.3) is 10.2 Å². The second kappa shape index (κ2) is 5.70. The maximum Gasteiger partial charge on any atom is 0.267 e. The summed E-state index contributed by atoms with van der Waals surface area (Å²) in [6, 6.07) is 2.02. The molecule has 3 heterocycles. The predicted octanol–water partition coefficient (Wildman–Crippen LogP) is 3.27. The van der Waals surface area contributed by atoms with E-state index in [2.05, 4.69) is 22.1 Å². The molecular weight excluding hydrogens is 294 g/mol. The fraction of sp³-hybridized carbons (Fsp3) is 0.588. The molecule has 2 aromatic heterocycles. The zero-order valence-electron chi connectivity index (χ0n) is 13.1. The van der Waals surface area contributed by atoms with E-state index in [0.717, 1.165) is 13.1 Å². The molecule has 2 aromatic rings. The van der Waals surface area contributed by atoms with Gasteiger partial charge in [0.05, 0.1) is 10.2 Å². The molecule has 0 atom stereocenters. The Hall–Kier alpha value is -1.33. The minimum absolute atomic E-state index is 0.0417. The summed E-state index contributed by atoms with van der Waals surface area (Å²) in [5, 5.41) is 3.04. The van der Waals surface area contributed by atoms with E-state index in [0.29, 0.717) is 11.6 Å². The molecule has 0 aromatic carbocycles. The lowest BCUT2D eigenvalue weighted by molar-refractivity contribution is 0.0947. The fourth-order valence-electron chi connectivity index (χ4n) is 3.27. The normalized spacial score (nSPS) is 19.1. The Labute approximate surface area is 134 Å². The number of hydrogen-bond donors (Lipinski definition) is 2. The van der Waals surface area contributed by atoms with E-state index in [1.165, 1.54) is 59.4 Å². The SMILES string of the molecule is Cc1sc2cc(C(=O)NCC3CC3)[nH]c2c1CN1CCCC1. The molecule has 4 rings (SSSR count). The van der Waals surface area contributed by atoms with Gasteiger partial charge >= 0.3 is 0 Å². The van der Waals surface area contributed by atoms with E-state index in [-0.39, 0.29) is 5.91 Å². The van der Waals surface area contributed by atoms with Crippen LogP contribution in [0.4, 0.5) is 0 Å². The number of hydrogen-bond acceptors (Lipinski definition) is 3. The Morgan fingerprint density at radius 3 is 2.91 bits per heavy atom. The summed E-state index contributed by atoms with van der Waals surface area (Å²) in [7, 11) is 0. The van der Waals surface area contributed by atoms with E-state index in [1.54, 1.807) is 11.3 Å². The first-order valence-electron chi connectivity index (χ1n) is 8.32. The van der Waals surface area contributed by atoms with Crippen LogP contribution < -0.4 is 5.32 Å². The minimum atomic E-state index is 0.0417. The average Bonchev–Trinajstić information content (AvgIpc) is 2.91. The molecule has 0 unspecified atom stereocenters. The molecule has 22 heavy (non-hydrogen) atoms. The number of thiophene rings is 1. The first-order chi connectivity index (χ1) is 10.7. The molecule has 4 nitrogen and oxygen atoms in total. The molecular formula is C17H23N3OS. The van der Waals surface area contributed by atoms with Gasteiger partial charge in [0, 0.05) is 23.5 Å². The Morgan fingerprint density at radius 1 is 1.41 bits per heavy atom. The van der Waals surface area contributed by atoms with Crippen molar-refractivity contribution < 1.29 is 4.79 Å². The molecule has 2 aliphatic rings. The molecule has 1 amide bonds. The third-order valence-electron chi connectivity index (χ3n) is 4.84. The number of aromatic nitrogens is 1. The maximum absolute atomic E-state index is 12.2. The van der Waals surface area contributed by atoms with Crippen molar-refractivity contribution in [2.75, 3.05) is 19.6 Å². The summed E-state index contributed by atoms with van der Waals surface area (Å²) in [6.45, 7) is 6.43. The standard InChI is InChI=1S/C17H23N3OS/c1-11-13(10-20-6-2-3-7-20)16-15(22-11)8-14(19-16)17(21)18-9-12-4-5-12/h8,12,19H,2-7,9-10H2,1H3,(H,18,21). The molecule has 2 fully saturated rings. The van der Waals surface area contributed by atoms with E-state index in [4.69, 9.17) is 0 Å². The Morgan fingerprint density at radius 2 is 2.18 bits per heavy atom. The lowest BCUT2D eigenvalue weighted by Crippen LogP contribution is -2.25. The number of carbonyl (C=O) groups excluding carboxylic acids is 1. The van der Waals surface area contributed by atoms with Crippen LogP contribution in [0.15, 0.2) is 6.07 Å². The van der Waals surface area contributed by atoms with Gasteiger partial charge in [0.1, 0.15) is 5.69 Å².